The highest BCUT2D eigenvalue weighted by Gasteiger charge is 2.42. The van der Waals surface area contributed by atoms with E-state index >= 15 is 0 Å². The summed E-state index contributed by atoms with van der Waals surface area (Å²) in [6.07, 6.45) is -1.28. The van der Waals surface area contributed by atoms with Gasteiger partial charge in [-0.3, -0.25) is 0 Å². The predicted molar refractivity (Wildman–Crippen MR) is 69.0 cm³/mol. The molecule has 7 heteroatoms. The van der Waals surface area contributed by atoms with E-state index in [1.54, 1.807) is 11.0 Å². The van der Waals surface area contributed by atoms with Crippen molar-refractivity contribution in [2.75, 3.05) is 25.1 Å². The van der Waals surface area contributed by atoms with Gasteiger partial charge < -0.3 is 14.7 Å². The molecule has 0 spiro atoms. The minimum atomic E-state index is -1.33. The SMILES string of the molecule is COc1nc(I)cc(N2CC(F)[C@@](C)(O)C2)n1. The Morgan fingerprint density at radius 2 is 2.35 bits per heavy atom. The van der Waals surface area contributed by atoms with Crippen LogP contribution in [0.2, 0.25) is 0 Å². The van der Waals surface area contributed by atoms with Crippen LogP contribution in [0.3, 0.4) is 0 Å². The molecule has 0 aromatic carbocycles. The second-order valence-electron chi connectivity index (χ2n) is 4.24. The van der Waals surface area contributed by atoms with Crippen LogP contribution < -0.4 is 9.64 Å². The Kier molecular flexibility index (Phi) is 3.39. The third-order valence-corrected chi connectivity index (χ3v) is 3.29. The summed E-state index contributed by atoms with van der Waals surface area (Å²) in [5.41, 5.74) is -1.33. The summed E-state index contributed by atoms with van der Waals surface area (Å²) in [7, 11) is 1.48. The molecular formula is C10H13FIN3O2. The minimum absolute atomic E-state index is 0.128. The Morgan fingerprint density at radius 3 is 2.88 bits per heavy atom. The number of nitrogens with zero attached hydrogens (tertiary/aromatic N) is 3. The van der Waals surface area contributed by atoms with Crippen LogP contribution in [0, 0.1) is 3.70 Å². The average Bonchev–Trinajstić information content (AvgIpc) is 2.53. The number of methoxy groups -OCH3 is 1. The second kappa shape index (κ2) is 4.52. The molecule has 1 aromatic rings. The molecule has 1 fully saturated rings. The van der Waals surface area contributed by atoms with Crippen molar-refractivity contribution >= 4 is 28.4 Å². The van der Waals surface area contributed by atoms with Gasteiger partial charge in [-0.1, -0.05) is 0 Å². The molecule has 2 heterocycles. The average molecular weight is 353 g/mol. The normalized spacial score (nSPS) is 28.5. The lowest BCUT2D eigenvalue weighted by Crippen LogP contribution is -2.35. The molecule has 0 amide bonds. The Labute approximate surface area is 112 Å². The van der Waals surface area contributed by atoms with E-state index in [2.05, 4.69) is 9.97 Å². The van der Waals surface area contributed by atoms with Crippen LogP contribution in [0.5, 0.6) is 6.01 Å². The summed E-state index contributed by atoms with van der Waals surface area (Å²) in [4.78, 5) is 9.89. The van der Waals surface area contributed by atoms with E-state index in [1.165, 1.54) is 14.0 Å². The summed E-state index contributed by atoms with van der Waals surface area (Å²) in [6.45, 7) is 1.83. The fourth-order valence-electron chi connectivity index (χ4n) is 1.75. The zero-order valence-corrected chi connectivity index (χ0v) is 11.7. The number of rotatable bonds is 2. The first kappa shape index (κ1) is 12.7. The van der Waals surface area contributed by atoms with Gasteiger partial charge in [-0.15, -0.1) is 0 Å². The van der Waals surface area contributed by atoms with Crippen LogP contribution in [0.15, 0.2) is 6.07 Å². The molecule has 1 aromatic heterocycles. The maximum Gasteiger partial charge on any atom is 0.319 e. The van der Waals surface area contributed by atoms with Crippen LogP contribution in [-0.2, 0) is 0 Å². The number of aromatic nitrogens is 2. The van der Waals surface area contributed by atoms with Gasteiger partial charge in [0.15, 0.2) is 0 Å². The molecule has 2 rings (SSSR count). The molecule has 2 atom stereocenters. The fourth-order valence-corrected chi connectivity index (χ4v) is 2.24. The van der Waals surface area contributed by atoms with E-state index in [-0.39, 0.29) is 19.1 Å². The molecule has 17 heavy (non-hydrogen) atoms. The lowest BCUT2D eigenvalue weighted by Gasteiger charge is -2.19. The van der Waals surface area contributed by atoms with Gasteiger partial charge in [0.1, 0.15) is 21.3 Å². The molecule has 0 radical (unpaired) electrons. The monoisotopic (exact) mass is 353 g/mol. The first-order valence-electron chi connectivity index (χ1n) is 5.12. The van der Waals surface area contributed by atoms with Gasteiger partial charge in [-0.25, -0.2) is 4.39 Å². The highest BCUT2D eigenvalue weighted by molar-refractivity contribution is 14.1. The van der Waals surface area contributed by atoms with Gasteiger partial charge in [0, 0.05) is 6.07 Å². The van der Waals surface area contributed by atoms with Gasteiger partial charge in [-0.2, -0.15) is 9.97 Å². The van der Waals surface area contributed by atoms with E-state index in [4.69, 9.17) is 4.74 Å². The summed E-state index contributed by atoms with van der Waals surface area (Å²) in [5.74, 6) is 0.571. The van der Waals surface area contributed by atoms with Gasteiger partial charge in [0.2, 0.25) is 0 Å². The number of β-amino-alcohol motifs (C(OH)–C–C–N with tert-alkyl or cyclic N) is 1. The maximum atomic E-state index is 13.6. The smallest absolute Gasteiger partial charge is 0.319 e. The molecule has 1 unspecified atom stereocenters. The first-order chi connectivity index (χ1) is 7.92. The van der Waals surface area contributed by atoms with Crippen molar-refractivity contribution in [3.05, 3.63) is 9.77 Å². The number of ether oxygens (including phenoxy) is 1. The van der Waals surface area contributed by atoms with E-state index in [0.29, 0.717) is 9.52 Å². The zero-order chi connectivity index (χ0) is 12.6. The van der Waals surface area contributed by atoms with Crippen LogP contribution in [0.25, 0.3) is 0 Å². The number of alkyl halides is 1. The molecular weight excluding hydrogens is 340 g/mol. The zero-order valence-electron chi connectivity index (χ0n) is 9.52. The first-order valence-corrected chi connectivity index (χ1v) is 6.20. The van der Waals surface area contributed by atoms with Crippen LogP contribution >= 0.6 is 22.6 Å². The van der Waals surface area contributed by atoms with Crippen molar-refractivity contribution in [2.24, 2.45) is 0 Å². The molecule has 1 saturated heterocycles. The van der Waals surface area contributed by atoms with Crippen molar-refractivity contribution in [2.45, 2.75) is 18.7 Å². The molecule has 1 aliphatic rings. The van der Waals surface area contributed by atoms with Gasteiger partial charge in [0.25, 0.3) is 0 Å². The van der Waals surface area contributed by atoms with Crippen LogP contribution in [-0.4, -0.2) is 47.0 Å². The summed E-state index contributed by atoms with van der Waals surface area (Å²) < 4.78 is 19.2. The van der Waals surface area contributed by atoms with Crippen molar-refractivity contribution in [3.8, 4) is 6.01 Å². The van der Waals surface area contributed by atoms with E-state index < -0.39 is 11.8 Å². The molecule has 1 aliphatic heterocycles. The third kappa shape index (κ3) is 2.59. The standard InChI is InChI=1S/C10H13FIN3O2/c1-10(16)5-15(4-6(10)11)8-3-7(12)13-9(14-8)17-2/h3,6,16H,4-5H2,1-2H3/t6?,10-/m0/s1. The highest BCUT2D eigenvalue weighted by atomic mass is 127. The number of hydrogen-bond acceptors (Lipinski definition) is 5. The minimum Gasteiger partial charge on any atom is -0.467 e. The van der Waals surface area contributed by atoms with E-state index in [1.807, 2.05) is 22.6 Å². The Hall–Kier alpha value is -0.700. The molecule has 94 valence electrons. The lowest BCUT2D eigenvalue weighted by molar-refractivity contribution is 0.0183. The summed E-state index contributed by atoms with van der Waals surface area (Å²) >= 11 is 2.04. The number of halogens is 2. The number of hydrogen-bond donors (Lipinski definition) is 1. The number of aliphatic hydroxyl groups is 1. The predicted octanol–water partition coefficient (Wildman–Crippen LogP) is 0.999. The second-order valence-corrected chi connectivity index (χ2v) is 5.35. The molecule has 5 nitrogen and oxygen atoms in total. The third-order valence-electron chi connectivity index (χ3n) is 2.73. The van der Waals surface area contributed by atoms with Crippen molar-refractivity contribution in [1.82, 2.24) is 9.97 Å². The van der Waals surface area contributed by atoms with Gasteiger partial charge >= 0.3 is 6.01 Å². The molecule has 0 saturated carbocycles. The topological polar surface area (TPSA) is 58.5 Å². The van der Waals surface area contributed by atoms with E-state index in [9.17, 15) is 9.50 Å². The molecule has 0 aliphatic carbocycles. The van der Waals surface area contributed by atoms with Crippen molar-refractivity contribution in [1.29, 1.82) is 0 Å². The Balaban J connectivity index is 2.27. The number of anilines is 1. The molecule has 1 N–H and O–H groups in total. The summed E-state index contributed by atoms with van der Waals surface area (Å²) in [6, 6.07) is 1.98. The Bertz CT molecular complexity index is 430. The van der Waals surface area contributed by atoms with E-state index in [0.717, 1.165) is 0 Å². The molecule has 0 bridgehead atoms. The summed E-state index contributed by atoms with van der Waals surface area (Å²) in [5, 5.41) is 9.80. The van der Waals surface area contributed by atoms with Crippen LogP contribution in [0.1, 0.15) is 6.92 Å². The van der Waals surface area contributed by atoms with Crippen molar-refractivity contribution in [3.63, 3.8) is 0 Å². The largest absolute Gasteiger partial charge is 0.467 e. The lowest BCUT2D eigenvalue weighted by atomic mass is 10.1. The van der Waals surface area contributed by atoms with Gasteiger partial charge in [0.05, 0.1) is 20.2 Å². The Morgan fingerprint density at radius 1 is 1.65 bits per heavy atom. The maximum absolute atomic E-state index is 13.6. The van der Waals surface area contributed by atoms with Crippen LogP contribution in [0.4, 0.5) is 10.2 Å². The highest BCUT2D eigenvalue weighted by Crippen LogP contribution is 2.28. The fraction of sp³-hybridized carbons (Fsp3) is 0.600. The quantitative estimate of drug-likeness (QED) is 0.635. The van der Waals surface area contributed by atoms with Crippen molar-refractivity contribution < 1.29 is 14.2 Å². The van der Waals surface area contributed by atoms with Gasteiger partial charge in [-0.05, 0) is 29.5 Å².